The van der Waals surface area contributed by atoms with Crippen molar-refractivity contribution in [2.75, 3.05) is 63.8 Å². The van der Waals surface area contributed by atoms with E-state index in [9.17, 15) is 4.79 Å². The summed E-state index contributed by atoms with van der Waals surface area (Å²) in [6, 6.07) is 2.43. The van der Waals surface area contributed by atoms with Gasteiger partial charge in [-0.2, -0.15) is 9.61 Å². The van der Waals surface area contributed by atoms with Gasteiger partial charge in [-0.1, -0.05) is 0 Å². The highest BCUT2D eigenvalue weighted by Crippen LogP contribution is 2.27. The van der Waals surface area contributed by atoms with Crippen molar-refractivity contribution in [1.82, 2.24) is 30.1 Å². The summed E-state index contributed by atoms with van der Waals surface area (Å²) in [5.41, 5.74) is 1.66. The van der Waals surface area contributed by atoms with E-state index in [0.29, 0.717) is 22.9 Å². The molecule has 2 aliphatic rings. The Balaban J connectivity index is 1.57. The summed E-state index contributed by atoms with van der Waals surface area (Å²) in [6.07, 6.45) is 5.64. The Morgan fingerprint density at radius 3 is 2.87 bits per heavy atom. The van der Waals surface area contributed by atoms with Crippen molar-refractivity contribution in [3.8, 4) is 0 Å². The lowest BCUT2D eigenvalue weighted by atomic mass is 10.2. The molecule has 0 spiro atoms. The Morgan fingerprint density at radius 2 is 2.16 bits per heavy atom. The van der Waals surface area contributed by atoms with Crippen LogP contribution in [0.5, 0.6) is 0 Å². The topological polar surface area (TPSA) is 128 Å². The Labute approximate surface area is 180 Å². The third-order valence-electron chi connectivity index (χ3n) is 5.32. The summed E-state index contributed by atoms with van der Waals surface area (Å²) in [5, 5.41) is 25.6. The highest BCUT2D eigenvalue weighted by atomic mass is 16.5. The zero-order chi connectivity index (χ0) is 21.6. The lowest BCUT2D eigenvalue weighted by Crippen LogP contribution is -2.39. The number of aromatic nitrogens is 3. The Bertz CT molecular complexity index is 934. The van der Waals surface area contributed by atoms with Gasteiger partial charge in [0.1, 0.15) is 24.1 Å². The zero-order valence-electron chi connectivity index (χ0n) is 17.7. The lowest BCUT2D eigenvalue weighted by molar-refractivity contribution is -0.118. The van der Waals surface area contributed by atoms with E-state index >= 15 is 0 Å². The van der Waals surface area contributed by atoms with E-state index in [-0.39, 0.29) is 0 Å². The molecule has 11 nitrogen and oxygen atoms in total. The van der Waals surface area contributed by atoms with Gasteiger partial charge in [-0.3, -0.25) is 9.69 Å². The molecule has 2 aromatic rings. The second-order valence-electron chi connectivity index (χ2n) is 7.63. The van der Waals surface area contributed by atoms with Gasteiger partial charge in [0.25, 0.3) is 5.91 Å². The fourth-order valence-electron chi connectivity index (χ4n) is 3.45. The smallest absolute Gasteiger partial charge is 0.269 e. The number of aliphatic hydroxyl groups excluding tert-OH is 1. The van der Waals surface area contributed by atoms with Crippen LogP contribution in [0.2, 0.25) is 0 Å². The summed E-state index contributed by atoms with van der Waals surface area (Å²) in [7, 11) is 1.65. The minimum atomic E-state index is -0.433. The van der Waals surface area contributed by atoms with Crippen molar-refractivity contribution >= 4 is 29.3 Å². The molecule has 31 heavy (non-hydrogen) atoms. The third kappa shape index (κ3) is 5.43. The number of carbonyl (C=O) groups excluding carboxylic acids is 1. The molecule has 1 aliphatic carbocycles. The number of nitrogens with zero attached hydrogens (tertiary/aromatic N) is 4. The number of likely N-dealkylation sites (N-methyl/N-ethyl adjacent to an activating group) is 1. The first-order chi connectivity index (χ1) is 15.2. The molecule has 0 aromatic carbocycles. The predicted octanol–water partition coefficient (Wildman–Crippen LogP) is -0.326. The maximum absolute atomic E-state index is 12.1. The molecule has 0 atom stereocenters. The van der Waals surface area contributed by atoms with E-state index in [0.717, 1.165) is 63.9 Å². The number of carbonyl (C=O) groups is 1. The highest BCUT2D eigenvalue weighted by molar-refractivity contribution is 5.98. The van der Waals surface area contributed by atoms with Crippen LogP contribution in [0, 0.1) is 0 Å². The van der Waals surface area contributed by atoms with Crippen molar-refractivity contribution in [3.05, 3.63) is 23.5 Å². The molecular formula is C20H30N8O3. The van der Waals surface area contributed by atoms with Crippen molar-refractivity contribution < 1.29 is 14.6 Å². The standard InChI is InChI=1S/C20H30N8O3/c1-21-16(20(30)23-13-29)10-14-12-24-28-18(25-15-2-3-15)11-17(26-19(14)28)22-4-5-27-6-8-31-9-7-27/h10-12,15,21,25,29H,2-9,13H2,1H3,(H,22,26)(H,23,30)/b16-10-. The molecule has 0 radical (unpaired) electrons. The monoisotopic (exact) mass is 430 g/mol. The number of anilines is 2. The van der Waals surface area contributed by atoms with Gasteiger partial charge in [-0.05, 0) is 18.9 Å². The molecule has 11 heteroatoms. The first-order valence-corrected chi connectivity index (χ1v) is 10.7. The number of rotatable bonds is 10. The van der Waals surface area contributed by atoms with Crippen LogP contribution in [-0.2, 0) is 9.53 Å². The van der Waals surface area contributed by atoms with E-state index in [1.54, 1.807) is 23.8 Å². The van der Waals surface area contributed by atoms with Gasteiger partial charge >= 0.3 is 0 Å². The van der Waals surface area contributed by atoms with Crippen LogP contribution in [0.3, 0.4) is 0 Å². The maximum atomic E-state index is 12.1. The summed E-state index contributed by atoms with van der Waals surface area (Å²) in [5.74, 6) is 1.22. The van der Waals surface area contributed by atoms with E-state index in [1.807, 2.05) is 6.07 Å². The van der Waals surface area contributed by atoms with Gasteiger partial charge in [0.15, 0.2) is 5.65 Å². The summed E-state index contributed by atoms with van der Waals surface area (Å²) in [4.78, 5) is 19.2. The van der Waals surface area contributed by atoms with Crippen LogP contribution in [0.4, 0.5) is 11.6 Å². The molecule has 1 aliphatic heterocycles. The van der Waals surface area contributed by atoms with Crippen molar-refractivity contribution in [3.63, 3.8) is 0 Å². The zero-order valence-corrected chi connectivity index (χ0v) is 17.7. The number of fused-ring (bicyclic) bond motifs is 1. The van der Waals surface area contributed by atoms with Crippen LogP contribution in [0.15, 0.2) is 18.0 Å². The quantitative estimate of drug-likeness (QED) is 0.254. The first kappa shape index (κ1) is 21.3. The molecule has 1 amide bonds. The average Bonchev–Trinajstić information content (AvgIpc) is 3.51. The third-order valence-corrected chi connectivity index (χ3v) is 5.32. The number of amides is 1. The fraction of sp³-hybridized carbons (Fsp3) is 0.550. The molecule has 5 N–H and O–H groups in total. The predicted molar refractivity (Wildman–Crippen MR) is 118 cm³/mol. The fourth-order valence-corrected chi connectivity index (χ4v) is 3.45. The van der Waals surface area contributed by atoms with Gasteiger partial charge < -0.3 is 31.1 Å². The van der Waals surface area contributed by atoms with Crippen molar-refractivity contribution in [1.29, 1.82) is 0 Å². The van der Waals surface area contributed by atoms with E-state index in [2.05, 4.69) is 31.3 Å². The summed E-state index contributed by atoms with van der Waals surface area (Å²) < 4.78 is 7.16. The number of hydrogen-bond donors (Lipinski definition) is 5. The van der Waals surface area contributed by atoms with E-state index in [4.69, 9.17) is 14.8 Å². The Morgan fingerprint density at radius 1 is 1.35 bits per heavy atom. The number of hydrogen-bond acceptors (Lipinski definition) is 9. The first-order valence-electron chi connectivity index (χ1n) is 10.7. The lowest BCUT2D eigenvalue weighted by Gasteiger charge is -2.26. The molecule has 2 aromatic heterocycles. The molecule has 3 heterocycles. The van der Waals surface area contributed by atoms with Gasteiger partial charge in [0.2, 0.25) is 0 Å². The van der Waals surface area contributed by atoms with Crippen LogP contribution >= 0.6 is 0 Å². The number of ether oxygens (including phenoxy) is 1. The van der Waals surface area contributed by atoms with Crippen molar-refractivity contribution in [2.24, 2.45) is 0 Å². The minimum absolute atomic E-state index is 0.313. The second kappa shape index (κ2) is 9.94. The van der Waals surface area contributed by atoms with Gasteiger partial charge in [0, 0.05) is 50.9 Å². The normalized spacial score (nSPS) is 17.5. The minimum Gasteiger partial charge on any atom is -0.384 e. The SMILES string of the molecule is CN/C(=C\c1cnn2c(NC3CC3)cc(NCCN3CCOCC3)nc12)C(=O)NCO. The number of nitrogens with one attached hydrogen (secondary N) is 4. The Kier molecular flexibility index (Phi) is 6.85. The molecule has 1 saturated heterocycles. The van der Waals surface area contributed by atoms with Crippen LogP contribution in [0.1, 0.15) is 18.4 Å². The van der Waals surface area contributed by atoms with E-state index in [1.165, 1.54) is 0 Å². The number of morpholine rings is 1. The van der Waals surface area contributed by atoms with E-state index < -0.39 is 12.6 Å². The van der Waals surface area contributed by atoms with Crippen LogP contribution in [0.25, 0.3) is 11.7 Å². The summed E-state index contributed by atoms with van der Waals surface area (Å²) >= 11 is 0. The Hall–Kier alpha value is -2.89. The average molecular weight is 431 g/mol. The molecular weight excluding hydrogens is 400 g/mol. The van der Waals surface area contributed by atoms with Crippen molar-refractivity contribution in [2.45, 2.75) is 18.9 Å². The largest absolute Gasteiger partial charge is 0.384 e. The van der Waals surface area contributed by atoms with Gasteiger partial charge in [-0.15, -0.1) is 0 Å². The highest BCUT2D eigenvalue weighted by Gasteiger charge is 2.23. The second-order valence-corrected chi connectivity index (χ2v) is 7.63. The molecule has 4 rings (SSSR count). The van der Waals surface area contributed by atoms with Crippen LogP contribution in [-0.4, -0.2) is 89.7 Å². The molecule has 1 saturated carbocycles. The maximum Gasteiger partial charge on any atom is 0.269 e. The molecule has 0 bridgehead atoms. The molecule has 2 fully saturated rings. The molecule has 168 valence electrons. The van der Waals surface area contributed by atoms with Crippen LogP contribution < -0.4 is 21.3 Å². The summed E-state index contributed by atoms with van der Waals surface area (Å²) in [6.45, 7) is 4.71. The molecule has 0 unspecified atom stereocenters. The van der Waals surface area contributed by atoms with Gasteiger partial charge in [0.05, 0.1) is 19.4 Å². The number of aliphatic hydroxyl groups is 1. The van der Waals surface area contributed by atoms with Gasteiger partial charge in [-0.25, -0.2) is 4.98 Å².